The highest BCUT2D eigenvalue weighted by Crippen LogP contribution is 2.57. The maximum Gasteiger partial charge on any atom is 0.0714 e. The molecule has 15 aromatic rings. The van der Waals surface area contributed by atoms with Crippen molar-refractivity contribution in [3.8, 4) is 72.4 Å². The predicted octanol–water partition coefficient (Wildman–Crippen LogP) is 22.1. The molecule has 14 aromatic carbocycles. The van der Waals surface area contributed by atoms with Crippen molar-refractivity contribution in [3.63, 3.8) is 0 Å². The fraction of sp³-hybridized carbons (Fsp3) is 0.0120. The summed E-state index contributed by atoms with van der Waals surface area (Å²) in [5, 5.41) is 4.88. The van der Waals surface area contributed by atoms with E-state index in [-0.39, 0.29) is 0 Å². The fourth-order valence-corrected chi connectivity index (χ4v) is 13.7. The van der Waals surface area contributed by atoms with Gasteiger partial charge < -0.3 is 9.47 Å². The first kappa shape index (κ1) is 49.7. The molecule has 1 aromatic heterocycles. The van der Waals surface area contributed by atoms with Crippen LogP contribution in [-0.2, 0) is 5.41 Å². The highest BCUT2D eigenvalue weighted by atomic mass is 15.1. The van der Waals surface area contributed by atoms with Gasteiger partial charge >= 0.3 is 0 Å². The van der Waals surface area contributed by atoms with Gasteiger partial charge in [-0.3, -0.25) is 0 Å². The number of anilines is 3. The van der Waals surface area contributed by atoms with Crippen molar-refractivity contribution in [2.75, 3.05) is 4.90 Å². The van der Waals surface area contributed by atoms with Crippen LogP contribution in [0.3, 0.4) is 0 Å². The van der Waals surface area contributed by atoms with E-state index in [0.29, 0.717) is 0 Å². The van der Waals surface area contributed by atoms with E-state index in [0.717, 1.165) is 44.9 Å². The summed E-state index contributed by atoms with van der Waals surface area (Å²) in [7, 11) is 0. The number of para-hydroxylation sites is 2. The topological polar surface area (TPSA) is 8.17 Å². The summed E-state index contributed by atoms with van der Waals surface area (Å²) >= 11 is 0. The van der Waals surface area contributed by atoms with E-state index in [2.05, 4.69) is 349 Å². The maximum absolute atomic E-state index is 2.47. The molecule has 398 valence electrons. The second kappa shape index (κ2) is 20.7. The van der Waals surface area contributed by atoms with Crippen molar-refractivity contribution >= 4 is 49.6 Å². The van der Waals surface area contributed by atoms with Gasteiger partial charge in [-0.25, -0.2) is 0 Å². The van der Waals surface area contributed by atoms with Crippen LogP contribution in [0.4, 0.5) is 17.1 Å². The molecule has 2 heteroatoms. The van der Waals surface area contributed by atoms with E-state index in [1.807, 2.05) is 0 Å². The lowest BCUT2D eigenvalue weighted by atomic mass is 9.67. The normalized spacial score (nSPS) is 12.3. The monoisotopic (exact) mass is 1080 g/mol. The van der Waals surface area contributed by atoms with E-state index in [1.54, 1.807) is 0 Å². The molecule has 16 rings (SSSR count). The van der Waals surface area contributed by atoms with Gasteiger partial charge in [0.1, 0.15) is 0 Å². The number of nitrogens with zero attached hydrogens (tertiary/aromatic N) is 2. The Bertz CT molecular complexity index is 4940. The van der Waals surface area contributed by atoms with Gasteiger partial charge in [0.05, 0.1) is 16.4 Å². The molecule has 0 N–H and O–H groups in total. The summed E-state index contributed by atoms with van der Waals surface area (Å²) in [4.78, 5) is 2.43. The van der Waals surface area contributed by atoms with Crippen molar-refractivity contribution in [1.82, 2.24) is 4.57 Å². The van der Waals surface area contributed by atoms with Gasteiger partial charge in [-0.1, -0.05) is 261 Å². The summed E-state index contributed by atoms with van der Waals surface area (Å²) in [6, 6.07) is 125. The number of hydrogen-bond donors (Lipinski definition) is 0. The van der Waals surface area contributed by atoms with Gasteiger partial charge in [-0.05, 0) is 179 Å². The van der Waals surface area contributed by atoms with Crippen LogP contribution in [0.2, 0.25) is 0 Å². The summed E-state index contributed by atoms with van der Waals surface area (Å²) in [6.07, 6.45) is 0. The Balaban J connectivity index is 0.818. The largest absolute Gasteiger partial charge is 0.310 e. The number of fused-ring (bicyclic) bond motifs is 7. The van der Waals surface area contributed by atoms with Crippen molar-refractivity contribution in [3.05, 3.63) is 362 Å². The van der Waals surface area contributed by atoms with Crippen molar-refractivity contribution in [2.45, 2.75) is 5.41 Å². The van der Waals surface area contributed by atoms with Crippen LogP contribution in [0, 0.1) is 0 Å². The lowest BCUT2D eigenvalue weighted by Crippen LogP contribution is -2.28. The molecular formula is C83H56N2. The Morgan fingerprint density at radius 1 is 0.235 bits per heavy atom. The minimum absolute atomic E-state index is 0.526. The first-order valence-corrected chi connectivity index (χ1v) is 29.4. The summed E-state index contributed by atoms with van der Waals surface area (Å²) in [5.74, 6) is 0. The van der Waals surface area contributed by atoms with Crippen LogP contribution in [-0.4, -0.2) is 4.57 Å². The van der Waals surface area contributed by atoms with Gasteiger partial charge in [-0.15, -0.1) is 0 Å². The number of aromatic nitrogens is 1. The first-order chi connectivity index (χ1) is 42.1. The van der Waals surface area contributed by atoms with E-state index in [1.165, 1.54) is 99.4 Å². The Morgan fingerprint density at radius 2 is 0.729 bits per heavy atom. The van der Waals surface area contributed by atoms with Gasteiger partial charge in [0.2, 0.25) is 0 Å². The van der Waals surface area contributed by atoms with Crippen molar-refractivity contribution in [2.24, 2.45) is 0 Å². The molecule has 1 aliphatic carbocycles. The number of hydrogen-bond acceptors (Lipinski definition) is 1. The molecule has 85 heavy (non-hydrogen) atoms. The zero-order valence-electron chi connectivity index (χ0n) is 46.7. The molecule has 0 aliphatic heterocycles. The van der Waals surface area contributed by atoms with Crippen LogP contribution in [0.25, 0.3) is 105 Å². The summed E-state index contributed by atoms with van der Waals surface area (Å²) in [5.41, 5.74) is 25.5. The van der Waals surface area contributed by atoms with Crippen LogP contribution in [0.5, 0.6) is 0 Å². The van der Waals surface area contributed by atoms with E-state index >= 15 is 0 Å². The average Bonchev–Trinajstić information content (AvgIpc) is 2.93. The first-order valence-electron chi connectivity index (χ1n) is 29.4. The zero-order chi connectivity index (χ0) is 56.3. The second-order valence-corrected chi connectivity index (χ2v) is 22.4. The molecule has 1 heterocycles. The lowest BCUT2D eigenvalue weighted by molar-refractivity contribution is 0.768. The molecule has 0 spiro atoms. The smallest absolute Gasteiger partial charge is 0.0714 e. The molecule has 0 atom stereocenters. The molecule has 0 bridgehead atoms. The van der Waals surface area contributed by atoms with Crippen LogP contribution in [0.15, 0.2) is 340 Å². The van der Waals surface area contributed by atoms with E-state index in [9.17, 15) is 0 Å². The molecule has 0 saturated carbocycles. The quantitative estimate of drug-likeness (QED) is 0.125. The van der Waals surface area contributed by atoms with Gasteiger partial charge in [-0.2, -0.15) is 0 Å². The molecule has 0 unspecified atom stereocenters. The minimum atomic E-state index is -0.526. The zero-order valence-corrected chi connectivity index (χ0v) is 46.7. The van der Waals surface area contributed by atoms with Crippen LogP contribution < -0.4 is 4.90 Å². The van der Waals surface area contributed by atoms with E-state index < -0.39 is 5.41 Å². The number of benzene rings is 14. The van der Waals surface area contributed by atoms with E-state index in [4.69, 9.17) is 0 Å². The molecule has 1 aliphatic rings. The molecule has 0 amide bonds. The average molecular weight is 1080 g/mol. The SMILES string of the molecule is c1ccc(-c2ccc(-c3cc(-c4ccc5ccccc5c4)cc(-n4c5ccccc5c5cc(-c6ccccc6-c6cccc(N(c7ccccc7)c7ccc8c(c7)C(c7ccccc7)(c7ccccc7)c7ccccc7-8)c6)ccc54)c3)cc2)cc1. The van der Waals surface area contributed by atoms with Crippen molar-refractivity contribution in [1.29, 1.82) is 0 Å². The minimum Gasteiger partial charge on any atom is -0.310 e. The maximum atomic E-state index is 2.47. The van der Waals surface area contributed by atoms with Crippen LogP contribution in [0.1, 0.15) is 22.3 Å². The molecule has 0 saturated heterocycles. The summed E-state index contributed by atoms with van der Waals surface area (Å²) in [6.45, 7) is 0. The number of rotatable bonds is 11. The molecule has 2 nitrogen and oxygen atoms in total. The van der Waals surface area contributed by atoms with Gasteiger partial charge in [0.25, 0.3) is 0 Å². The molecule has 0 fully saturated rings. The van der Waals surface area contributed by atoms with Gasteiger partial charge in [0.15, 0.2) is 0 Å². The van der Waals surface area contributed by atoms with Gasteiger partial charge in [0, 0.05) is 33.5 Å². The highest BCUT2D eigenvalue weighted by Gasteiger charge is 2.46. The standard InChI is InChI=1S/C83H56N2/c1-5-22-57(23-6-1)59-40-42-60(43-41-59)65-51-66(62-45-44-58-24-13-14-25-61(58)50-62)54-72(53-65)85-81-39-20-18-37-77(81)78-55-64(46-49-82(78)85)74-35-16-15-34-73(74)63-26-21-33-70(52-63)84(69-31-11-4-12-32-69)71-47-48-76-75-36-17-19-38-79(75)83(80(76)56-71,67-27-7-2-8-28-67)68-29-9-3-10-30-68/h1-56H. The Kier molecular flexibility index (Phi) is 12.1. The molecular weight excluding hydrogens is 1020 g/mol. The third kappa shape index (κ3) is 8.49. The fourth-order valence-electron chi connectivity index (χ4n) is 13.7. The van der Waals surface area contributed by atoms with Crippen molar-refractivity contribution < 1.29 is 0 Å². The predicted molar refractivity (Wildman–Crippen MR) is 357 cm³/mol. The Hall–Kier alpha value is -11.1. The van der Waals surface area contributed by atoms with Crippen LogP contribution >= 0.6 is 0 Å². The second-order valence-electron chi connectivity index (χ2n) is 22.4. The third-order valence-electron chi connectivity index (χ3n) is 17.6. The Morgan fingerprint density at radius 3 is 1.46 bits per heavy atom. The lowest BCUT2D eigenvalue weighted by Gasteiger charge is -2.35. The highest BCUT2D eigenvalue weighted by molar-refractivity contribution is 6.11. The summed E-state index contributed by atoms with van der Waals surface area (Å²) < 4.78 is 2.47. The Labute approximate surface area is 496 Å². The third-order valence-corrected chi connectivity index (χ3v) is 17.6. The molecule has 0 radical (unpaired) electrons.